The maximum atomic E-state index is 4.78. The summed E-state index contributed by atoms with van der Waals surface area (Å²) in [5.41, 5.74) is 6.09. The first-order valence-corrected chi connectivity index (χ1v) is 6.81. The average molecular weight is 242 g/mol. The van der Waals surface area contributed by atoms with Gasteiger partial charge in [0.05, 0.1) is 5.52 Å². The predicted octanol–water partition coefficient (Wildman–Crippen LogP) is 4.24. The molecule has 2 nitrogen and oxygen atoms in total. The van der Waals surface area contributed by atoms with Crippen LogP contribution >= 0.6 is 0 Å². The third-order valence-electron chi connectivity index (χ3n) is 3.35. The van der Waals surface area contributed by atoms with Gasteiger partial charge < -0.3 is 5.32 Å². The molecular formula is C16H22N2. The topological polar surface area (TPSA) is 24.9 Å². The fourth-order valence-corrected chi connectivity index (χ4v) is 2.28. The number of hydrogen-bond donors (Lipinski definition) is 1. The van der Waals surface area contributed by atoms with Crippen molar-refractivity contribution in [1.82, 2.24) is 4.98 Å². The fraction of sp³-hybridized carbons (Fsp3) is 0.438. The zero-order valence-corrected chi connectivity index (χ0v) is 11.8. The minimum atomic E-state index is 0.976. The van der Waals surface area contributed by atoms with Gasteiger partial charge in [0.2, 0.25) is 0 Å². The number of nitrogens with zero attached hydrogens (tertiary/aromatic N) is 1. The van der Waals surface area contributed by atoms with E-state index in [1.807, 2.05) is 0 Å². The molecule has 0 aliphatic heterocycles. The summed E-state index contributed by atoms with van der Waals surface area (Å²) in [7, 11) is 0. The van der Waals surface area contributed by atoms with Crippen LogP contribution in [0.15, 0.2) is 18.2 Å². The molecule has 1 N–H and O–H groups in total. The Kier molecular flexibility index (Phi) is 3.85. The van der Waals surface area contributed by atoms with Crippen LogP contribution in [0.5, 0.6) is 0 Å². The van der Waals surface area contributed by atoms with Gasteiger partial charge >= 0.3 is 0 Å². The SMILES string of the molecule is CCCNc1cc(CC)nc2c(C)ccc(C)c12. The lowest BCUT2D eigenvalue weighted by Gasteiger charge is -2.14. The van der Waals surface area contributed by atoms with E-state index in [2.05, 4.69) is 51.2 Å². The maximum Gasteiger partial charge on any atom is 0.0757 e. The summed E-state index contributed by atoms with van der Waals surface area (Å²) < 4.78 is 0. The normalized spacial score (nSPS) is 10.9. The number of nitrogens with one attached hydrogen (secondary N) is 1. The number of anilines is 1. The predicted molar refractivity (Wildman–Crippen MR) is 79.4 cm³/mol. The summed E-state index contributed by atoms with van der Waals surface area (Å²) >= 11 is 0. The number of aryl methyl sites for hydroxylation is 3. The molecule has 0 amide bonds. The van der Waals surface area contributed by atoms with Gasteiger partial charge in [0.1, 0.15) is 0 Å². The second-order valence-electron chi connectivity index (χ2n) is 4.86. The Balaban J connectivity index is 2.68. The summed E-state index contributed by atoms with van der Waals surface area (Å²) in [5.74, 6) is 0. The molecule has 0 fully saturated rings. The highest BCUT2D eigenvalue weighted by molar-refractivity contribution is 5.96. The van der Waals surface area contributed by atoms with Gasteiger partial charge in [-0.3, -0.25) is 4.98 Å². The van der Waals surface area contributed by atoms with E-state index in [1.54, 1.807) is 0 Å². The molecule has 1 aromatic carbocycles. The Bertz CT molecular complexity index is 559. The molecule has 2 rings (SSSR count). The minimum absolute atomic E-state index is 0.976. The van der Waals surface area contributed by atoms with Gasteiger partial charge in [-0.25, -0.2) is 0 Å². The first-order valence-electron chi connectivity index (χ1n) is 6.81. The molecule has 2 heteroatoms. The second kappa shape index (κ2) is 5.38. The molecule has 2 aromatic rings. The Hall–Kier alpha value is -1.57. The van der Waals surface area contributed by atoms with Crippen LogP contribution in [-0.4, -0.2) is 11.5 Å². The van der Waals surface area contributed by atoms with E-state index in [4.69, 9.17) is 4.98 Å². The number of aromatic nitrogens is 1. The Morgan fingerprint density at radius 3 is 2.50 bits per heavy atom. The smallest absolute Gasteiger partial charge is 0.0757 e. The van der Waals surface area contributed by atoms with Crippen molar-refractivity contribution in [3.8, 4) is 0 Å². The van der Waals surface area contributed by atoms with Crippen LogP contribution < -0.4 is 5.32 Å². The van der Waals surface area contributed by atoms with E-state index in [0.717, 1.165) is 30.6 Å². The first-order chi connectivity index (χ1) is 8.67. The van der Waals surface area contributed by atoms with Crippen molar-refractivity contribution in [2.24, 2.45) is 0 Å². The number of pyridine rings is 1. The molecule has 0 aliphatic carbocycles. The zero-order valence-electron chi connectivity index (χ0n) is 11.8. The van der Waals surface area contributed by atoms with Crippen molar-refractivity contribution in [2.45, 2.75) is 40.5 Å². The number of benzene rings is 1. The van der Waals surface area contributed by atoms with E-state index >= 15 is 0 Å². The lowest BCUT2D eigenvalue weighted by Crippen LogP contribution is -2.04. The zero-order chi connectivity index (χ0) is 13.1. The van der Waals surface area contributed by atoms with Crippen LogP contribution in [0.25, 0.3) is 10.9 Å². The molecule has 0 saturated carbocycles. The molecule has 18 heavy (non-hydrogen) atoms. The van der Waals surface area contributed by atoms with Crippen molar-refractivity contribution in [1.29, 1.82) is 0 Å². The van der Waals surface area contributed by atoms with E-state index < -0.39 is 0 Å². The highest BCUT2D eigenvalue weighted by Crippen LogP contribution is 2.29. The standard InChI is InChI=1S/C16H22N2/c1-5-9-17-14-10-13(6-2)18-16-12(4)8-7-11(3)15(14)16/h7-8,10H,5-6,9H2,1-4H3,(H,17,18). The molecule has 0 spiro atoms. The van der Waals surface area contributed by atoms with Crippen molar-refractivity contribution in [3.63, 3.8) is 0 Å². The molecule has 1 aromatic heterocycles. The van der Waals surface area contributed by atoms with Gasteiger partial charge in [0, 0.05) is 23.3 Å². The van der Waals surface area contributed by atoms with Crippen LogP contribution in [0.4, 0.5) is 5.69 Å². The fourth-order valence-electron chi connectivity index (χ4n) is 2.28. The minimum Gasteiger partial charge on any atom is -0.384 e. The van der Waals surface area contributed by atoms with Gasteiger partial charge in [-0.15, -0.1) is 0 Å². The molecule has 0 saturated heterocycles. The van der Waals surface area contributed by atoms with Crippen molar-refractivity contribution < 1.29 is 0 Å². The highest BCUT2D eigenvalue weighted by Gasteiger charge is 2.09. The molecular weight excluding hydrogens is 220 g/mol. The highest BCUT2D eigenvalue weighted by atomic mass is 14.9. The van der Waals surface area contributed by atoms with Gasteiger partial charge in [0.25, 0.3) is 0 Å². The van der Waals surface area contributed by atoms with Gasteiger partial charge in [-0.05, 0) is 43.9 Å². The average Bonchev–Trinajstić information content (AvgIpc) is 2.39. The second-order valence-corrected chi connectivity index (χ2v) is 4.86. The third-order valence-corrected chi connectivity index (χ3v) is 3.35. The van der Waals surface area contributed by atoms with Gasteiger partial charge in [0.15, 0.2) is 0 Å². The Labute approximate surface area is 109 Å². The van der Waals surface area contributed by atoms with Crippen molar-refractivity contribution in [2.75, 3.05) is 11.9 Å². The largest absolute Gasteiger partial charge is 0.384 e. The summed E-state index contributed by atoms with van der Waals surface area (Å²) in [6, 6.07) is 6.54. The molecule has 0 radical (unpaired) electrons. The maximum absolute atomic E-state index is 4.78. The molecule has 0 unspecified atom stereocenters. The van der Waals surface area contributed by atoms with Crippen LogP contribution in [0, 0.1) is 13.8 Å². The lowest BCUT2D eigenvalue weighted by molar-refractivity contribution is 0.976. The molecule has 96 valence electrons. The third kappa shape index (κ3) is 2.33. The van der Waals surface area contributed by atoms with Crippen LogP contribution in [0.1, 0.15) is 37.1 Å². The van der Waals surface area contributed by atoms with Crippen LogP contribution in [0.3, 0.4) is 0 Å². The summed E-state index contributed by atoms with van der Waals surface area (Å²) in [4.78, 5) is 4.78. The van der Waals surface area contributed by atoms with E-state index in [0.29, 0.717) is 0 Å². The molecule has 0 aliphatic rings. The van der Waals surface area contributed by atoms with E-state index in [1.165, 1.54) is 22.2 Å². The Morgan fingerprint density at radius 2 is 1.83 bits per heavy atom. The van der Waals surface area contributed by atoms with E-state index in [9.17, 15) is 0 Å². The molecule has 0 bridgehead atoms. The van der Waals surface area contributed by atoms with Crippen LogP contribution in [-0.2, 0) is 6.42 Å². The summed E-state index contributed by atoms with van der Waals surface area (Å²) in [6.45, 7) is 9.65. The quantitative estimate of drug-likeness (QED) is 0.867. The lowest BCUT2D eigenvalue weighted by atomic mass is 10.0. The van der Waals surface area contributed by atoms with Crippen molar-refractivity contribution >= 4 is 16.6 Å². The van der Waals surface area contributed by atoms with E-state index in [-0.39, 0.29) is 0 Å². The van der Waals surface area contributed by atoms with Gasteiger partial charge in [-0.2, -0.15) is 0 Å². The monoisotopic (exact) mass is 242 g/mol. The van der Waals surface area contributed by atoms with Crippen molar-refractivity contribution in [3.05, 3.63) is 35.0 Å². The first kappa shape index (κ1) is 12.9. The summed E-state index contributed by atoms with van der Waals surface area (Å²) in [5, 5.41) is 4.82. The van der Waals surface area contributed by atoms with Gasteiger partial charge in [-0.1, -0.05) is 26.0 Å². The molecule has 0 atom stereocenters. The van der Waals surface area contributed by atoms with Crippen LogP contribution in [0.2, 0.25) is 0 Å². The number of rotatable bonds is 4. The number of fused-ring (bicyclic) bond motifs is 1. The molecule has 1 heterocycles. The Morgan fingerprint density at radius 1 is 1.11 bits per heavy atom. The number of hydrogen-bond acceptors (Lipinski definition) is 2. The summed E-state index contributed by atoms with van der Waals surface area (Å²) in [6.07, 6.45) is 2.11.